The van der Waals surface area contributed by atoms with E-state index in [0.717, 1.165) is 44.3 Å². The first kappa shape index (κ1) is 14.3. The van der Waals surface area contributed by atoms with E-state index in [4.69, 9.17) is 10.00 Å². The van der Waals surface area contributed by atoms with Crippen LogP contribution in [-0.2, 0) is 4.74 Å². The first-order valence-electron chi connectivity index (χ1n) is 8.08. The van der Waals surface area contributed by atoms with Gasteiger partial charge in [-0.15, -0.1) is 0 Å². The molecule has 1 saturated heterocycles. The van der Waals surface area contributed by atoms with Gasteiger partial charge in [-0.1, -0.05) is 12.8 Å². The second-order valence-electron chi connectivity index (χ2n) is 6.16. The molecule has 2 heterocycles. The summed E-state index contributed by atoms with van der Waals surface area (Å²) in [6.07, 6.45) is 9.67. The van der Waals surface area contributed by atoms with Gasteiger partial charge in [0.2, 0.25) is 0 Å². The van der Waals surface area contributed by atoms with E-state index in [1.165, 1.54) is 25.7 Å². The summed E-state index contributed by atoms with van der Waals surface area (Å²) < 4.78 is 6.10. The number of anilines is 1. The molecular formula is C17H23N3O. The van der Waals surface area contributed by atoms with Crippen LogP contribution in [0.3, 0.4) is 0 Å². The Bertz CT molecular complexity index is 497. The molecule has 1 aliphatic carbocycles. The van der Waals surface area contributed by atoms with Gasteiger partial charge in [0.05, 0.1) is 11.7 Å². The second kappa shape index (κ2) is 6.91. The molecule has 1 aromatic heterocycles. The van der Waals surface area contributed by atoms with E-state index in [9.17, 15) is 0 Å². The highest BCUT2D eigenvalue weighted by molar-refractivity contribution is 5.53. The molecule has 4 heteroatoms. The smallest absolute Gasteiger partial charge is 0.146 e. The largest absolute Gasteiger partial charge is 0.378 e. The van der Waals surface area contributed by atoms with Crippen LogP contribution in [0.1, 0.15) is 44.1 Å². The summed E-state index contributed by atoms with van der Waals surface area (Å²) in [6.45, 7) is 2.81. The minimum atomic E-state index is 0.385. The summed E-state index contributed by atoms with van der Waals surface area (Å²) in [5, 5.41) is 9.17. The van der Waals surface area contributed by atoms with Gasteiger partial charge in [-0.25, -0.2) is 4.98 Å². The minimum Gasteiger partial charge on any atom is -0.378 e. The lowest BCUT2D eigenvalue weighted by molar-refractivity contribution is 0.0164. The average molecular weight is 285 g/mol. The molecule has 1 saturated carbocycles. The molecule has 0 amide bonds. The molecule has 0 unspecified atom stereocenters. The molecule has 0 atom stereocenters. The maximum atomic E-state index is 9.17. The highest BCUT2D eigenvalue weighted by Gasteiger charge is 2.24. The van der Waals surface area contributed by atoms with Crippen molar-refractivity contribution in [3.63, 3.8) is 0 Å². The molecule has 4 nitrogen and oxygen atoms in total. The van der Waals surface area contributed by atoms with Crippen molar-refractivity contribution in [1.82, 2.24) is 4.98 Å². The van der Waals surface area contributed by atoms with Gasteiger partial charge in [0.15, 0.2) is 0 Å². The monoisotopic (exact) mass is 285 g/mol. The predicted octanol–water partition coefficient (Wildman–Crippen LogP) is 3.13. The zero-order valence-electron chi connectivity index (χ0n) is 12.5. The Morgan fingerprint density at radius 2 is 2.00 bits per heavy atom. The average Bonchev–Trinajstić information content (AvgIpc) is 3.07. The van der Waals surface area contributed by atoms with E-state index < -0.39 is 0 Å². The number of rotatable bonds is 4. The van der Waals surface area contributed by atoms with Gasteiger partial charge in [-0.3, -0.25) is 0 Å². The number of ether oxygens (including phenoxy) is 1. The molecule has 0 bridgehead atoms. The lowest BCUT2D eigenvalue weighted by Crippen LogP contribution is -2.38. The summed E-state index contributed by atoms with van der Waals surface area (Å²) >= 11 is 0. The second-order valence-corrected chi connectivity index (χ2v) is 6.16. The van der Waals surface area contributed by atoms with Crippen molar-refractivity contribution in [2.75, 3.05) is 24.6 Å². The van der Waals surface area contributed by atoms with E-state index in [1.807, 2.05) is 12.1 Å². The number of pyridine rings is 1. The SMILES string of the molecule is N#Cc1cccnc1N1CCC(OCC2CCCC2)CC1. The van der Waals surface area contributed by atoms with Crippen molar-refractivity contribution in [3.05, 3.63) is 23.9 Å². The molecule has 21 heavy (non-hydrogen) atoms. The molecule has 1 aliphatic heterocycles. The Hall–Kier alpha value is -1.60. The number of hydrogen-bond acceptors (Lipinski definition) is 4. The third-order valence-electron chi connectivity index (χ3n) is 4.69. The zero-order valence-corrected chi connectivity index (χ0v) is 12.5. The van der Waals surface area contributed by atoms with Crippen molar-refractivity contribution in [1.29, 1.82) is 5.26 Å². The number of nitriles is 1. The van der Waals surface area contributed by atoms with Crippen molar-refractivity contribution < 1.29 is 4.74 Å². The van der Waals surface area contributed by atoms with Crippen LogP contribution in [0.4, 0.5) is 5.82 Å². The zero-order chi connectivity index (χ0) is 14.5. The topological polar surface area (TPSA) is 49.2 Å². The quantitative estimate of drug-likeness (QED) is 0.853. The number of aromatic nitrogens is 1. The standard InChI is InChI=1S/C17H23N3O/c18-12-15-6-3-9-19-17(15)20-10-7-16(8-11-20)21-13-14-4-1-2-5-14/h3,6,9,14,16H,1-2,4-5,7-8,10-11,13H2. The van der Waals surface area contributed by atoms with Crippen LogP contribution >= 0.6 is 0 Å². The Morgan fingerprint density at radius 3 is 2.71 bits per heavy atom. The molecule has 0 aromatic carbocycles. The van der Waals surface area contributed by atoms with Gasteiger partial charge in [-0.05, 0) is 43.7 Å². The number of nitrogens with zero attached hydrogens (tertiary/aromatic N) is 3. The molecule has 1 aromatic rings. The summed E-state index contributed by atoms with van der Waals surface area (Å²) in [5.41, 5.74) is 0.669. The summed E-state index contributed by atoms with van der Waals surface area (Å²) in [7, 11) is 0. The van der Waals surface area contributed by atoms with Crippen LogP contribution in [0.25, 0.3) is 0 Å². The Morgan fingerprint density at radius 1 is 1.24 bits per heavy atom. The Kier molecular flexibility index (Phi) is 4.72. The molecule has 112 valence electrons. The maximum absolute atomic E-state index is 9.17. The van der Waals surface area contributed by atoms with Gasteiger partial charge in [0, 0.05) is 25.9 Å². The van der Waals surface area contributed by atoms with Crippen LogP contribution in [0.2, 0.25) is 0 Å². The van der Waals surface area contributed by atoms with E-state index in [-0.39, 0.29) is 0 Å². The third kappa shape index (κ3) is 3.54. The summed E-state index contributed by atoms with van der Waals surface area (Å²) in [5.74, 6) is 1.62. The molecule has 0 radical (unpaired) electrons. The van der Waals surface area contributed by atoms with Crippen molar-refractivity contribution in [2.24, 2.45) is 5.92 Å². The van der Waals surface area contributed by atoms with Crippen molar-refractivity contribution in [3.8, 4) is 6.07 Å². The minimum absolute atomic E-state index is 0.385. The molecule has 2 aliphatic rings. The van der Waals surface area contributed by atoms with Gasteiger partial charge < -0.3 is 9.64 Å². The summed E-state index contributed by atoms with van der Waals surface area (Å²) in [6, 6.07) is 5.89. The predicted molar refractivity (Wildman–Crippen MR) is 82.1 cm³/mol. The highest BCUT2D eigenvalue weighted by atomic mass is 16.5. The van der Waals surface area contributed by atoms with Gasteiger partial charge in [0.25, 0.3) is 0 Å². The normalized spacial score (nSPS) is 20.6. The van der Waals surface area contributed by atoms with Crippen LogP contribution in [0.15, 0.2) is 18.3 Å². The summed E-state index contributed by atoms with van der Waals surface area (Å²) in [4.78, 5) is 6.59. The molecule has 0 N–H and O–H groups in total. The van der Waals surface area contributed by atoms with E-state index >= 15 is 0 Å². The van der Waals surface area contributed by atoms with E-state index in [1.54, 1.807) is 6.20 Å². The fourth-order valence-corrected chi connectivity index (χ4v) is 3.42. The molecular weight excluding hydrogens is 262 g/mol. The fourth-order valence-electron chi connectivity index (χ4n) is 3.42. The van der Waals surface area contributed by atoms with Gasteiger partial charge >= 0.3 is 0 Å². The third-order valence-corrected chi connectivity index (χ3v) is 4.69. The van der Waals surface area contributed by atoms with Crippen LogP contribution < -0.4 is 4.90 Å². The Labute approximate surface area is 126 Å². The van der Waals surface area contributed by atoms with Gasteiger partial charge in [-0.2, -0.15) is 5.26 Å². The molecule has 2 fully saturated rings. The first-order chi connectivity index (χ1) is 10.4. The lowest BCUT2D eigenvalue weighted by atomic mass is 10.1. The Balaban J connectivity index is 1.49. The maximum Gasteiger partial charge on any atom is 0.146 e. The van der Waals surface area contributed by atoms with Crippen molar-refractivity contribution >= 4 is 5.82 Å². The highest BCUT2D eigenvalue weighted by Crippen LogP contribution is 2.27. The fraction of sp³-hybridized carbons (Fsp3) is 0.647. The van der Waals surface area contributed by atoms with Gasteiger partial charge in [0.1, 0.15) is 11.9 Å². The lowest BCUT2D eigenvalue weighted by Gasteiger charge is -2.33. The van der Waals surface area contributed by atoms with E-state index in [0.29, 0.717) is 11.7 Å². The van der Waals surface area contributed by atoms with E-state index in [2.05, 4.69) is 16.0 Å². The van der Waals surface area contributed by atoms with Crippen LogP contribution in [-0.4, -0.2) is 30.8 Å². The number of piperidine rings is 1. The van der Waals surface area contributed by atoms with Crippen molar-refractivity contribution in [2.45, 2.75) is 44.6 Å². The molecule has 0 spiro atoms. The van der Waals surface area contributed by atoms with Crippen LogP contribution in [0.5, 0.6) is 0 Å². The molecule has 3 rings (SSSR count). The number of hydrogen-bond donors (Lipinski definition) is 0. The van der Waals surface area contributed by atoms with Crippen LogP contribution in [0, 0.1) is 17.2 Å². The first-order valence-corrected chi connectivity index (χ1v) is 8.08.